The van der Waals surface area contributed by atoms with E-state index in [4.69, 9.17) is 0 Å². The molecule has 3 nitrogen and oxygen atoms in total. The number of carbonyl (C=O) groups excluding carboxylic acids is 1. The standard InChI is InChI=1S/C17H26N2O.ClH/c1-3-18-14(2)13-19-16(20)17(11-7-8-12-17)15-9-5-4-6-10-15;/h4-6,9-10,14,18H,3,7-8,11-13H2,1-2H3,(H,19,20);1H/t14-;/m1./s1. The van der Waals surface area contributed by atoms with Crippen LogP contribution in [0.2, 0.25) is 0 Å². The van der Waals surface area contributed by atoms with Crippen molar-refractivity contribution in [2.75, 3.05) is 13.1 Å². The fourth-order valence-electron chi connectivity index (χ4n) is 3.22. The minimum Gasteiger partial charge on any atom is -0.354 e. The molecule has 0 bridgehead atoms. The van der Waals surface area contributed by atoms with Gasteiger partial charge in [-0.05, 0) is 31.9 Å². The molecule has 1 amide bonds. The van der Waals surface area contributed by atoms with E-state index in [2.05, 4.69) is 36.6 Å². The SMILES string of the molecule is CCN[C@H](C)CNC(=O)C1(c2ccccc2)CCCC1.Cl. The van der Waals surface area contributed by atoms with Crippen molar-refractivity contribution >= 4 is 18.3 Å². The molecule has 4 heteroatoms. The minimum absolute atomic E-state index is 0. The lowest BCUT2D eigenvalue weighted by Gasteiger charge is -2.29. The van der Waals surface area contributed by atoms with Crippen LogP contribution in [0.4, 0.5) is 0 Å². The van der Waals surface area contributed by atoms with E-state index in [-0.39, 0.29) is 23.7 Å². The van der Waals surface area contributed by atoms with Gasteiger partial charge < -0.3 is 10.6 Å². The molecule has 1 saturated carbocycles. The molecule has 0 saturated heterocycles. The van der Waals surface area contributed by atoms with Gasteiger partial charge >= 0.3 is 0 Å². The topological polar surface area (TPSA) is 41.1 Å². The van der Waals surface area contributed by atoms with Crippen molar-refractivity contribution in [2.45, 2.75) is 51.0 Å². The third-order valence-corrected chi connectivity index (χ3v) is 4.34. The van der Waals surface area contributed by atoms with Crippen molar-refractivity contribution in [1.82, 2.24) is 10.6 Å². The van der Waals surface area contributed by atoms with Crippen LogP contribution in [-0.4, -0.2) is 25.0 Å². The molecule has 118 valence electrons. The lowest BCUT2D eigenvalue weighted by molar-refractivity contribution is -0.126. The van der Waals surface area contributed by atoms with Gasteiger partial charge in [-0.3, -0.25) is 4.79 Å². The third-order valence-electron chi connectivity index (χ3n) is 4.34. The zero-order valence-electron chi connectivity index (χ0n) is 13.0. The molecule has 1 aliphatic rings. The van der Waals surface area contributed by atoms with E-state index in [1.165, 1.54) is 5.56 Å². The molecule has 1 aromatic carbocycles. The monoisotopic (exact) mass is 310 g/mol. The van der Waals surface area contributed by atoms with Crippen LogP contribution in [0, 0.1) is 0 Å². The first-order chi connectivity index (χ1) is 9.69. The second kappa shape index (κ2) is 8.40. The predicted octanol–water partition coefficient (Wildman–Crippen LogP) is 3.03. The smallest absolute Gasteiger partial charge is 0.230 e. The van der Waals surface area contributed by atoms with Gasteiger partial charge in [0.15, 0.2) is 0 Å². The van der Waals surface area contributed by atoms with Gasteiger partial charge in [-0.1, -0.05) is 50.1 Å². The van der Waals surface area contributed by atoms with Gasteiger partial charge in [0.05, 0.1) is 5.41 Å². The molecule has 0 aromatic heterocycles. The fourth-order valence-corrected chi connectivity index (χ4v) is 3.22. The van der Waals surface area contributed by atoms with Crippen LogP contribution in [0.25, 0.3) is 0 Å². The Morgan fingerprint density at radius 1 is 1.24 bits per heavy atom. The molecule has 21 heavy (non-hydrogen) atoms. The van der Waals surface area contributed by atoms with Gasteiger partial charge in [-0.25, -0.2) is 0 Å². The maximum absolute atomic E-state index is 12.7. The number of rotatable bonds is 6. The van der Waals surface area contributed by atoms with E-state index in [1.807, 2.05) is 18.2 Å². The molecule has 1 aliphatic carbocycles. The van der Waals surface area contributed by atoms with Gasteiger partial charge in [0, 0.05) is 12.6 Å². The Kier molecular flexibility index (Phi) is 7.20. The van der Waals surface area contributed by atoms with Gasteiger partial charge in [-0.2, -0.15) is 0 Å². The average molecular weight is 311 g/mol. The molecule has 2 N–H and O–H groups in total. The summed E-state index contributed by atoms with van der Waals surface area (Å²) in [6, 6.07) is 10.6. The van der Waals surface area contributed by atoms with Gasteiger partial charge in [-0.15, -0.1) is 12.4 Å². The number of likely N-dealkylation sites (N-methyl/N-ethyl adjacent to an activating group) is 1. The first-order valence-electron chi connectivity index (χ1n) is 7.76. The van der Waals surface area contributed by atoms with Crippen LogP contribution >= 0.6 is 12.4 Å². The second-order valence-corrected chi connectivity index (χ2v) is 5.82. The van der Waals surface area contributed by atoms with E-state index in [9.17, 15) is 4.79 Å². The van der Waals surface area contributed by atoms with Crippen molar-refractivity contribution in [3.63, 3.8) is 0 Å². The Morgan fingerprint density at radius 3 is 2.43 bits per heavy atom. The highest BCUT2D eigenvalue weighted by molar-refractivity contribution is 5.88. The maximum Gasteiger partial charge on any atom is 0.230 e. The summed E-state index contributed by atoms with van der Waals surface area (Å²) >= 11 is 0. The highest BCUT2D eigenvalue weighted by atomic mass is 35.5. The van der Waals surface area contributed by atoms with Crippen LogP contribution in [-0.2, 0) is 10.2 Å². The van der Waals surface area contributed by atoms with E-state index >= 15 is 0 Å². The van der Waals surface area contributed by atoms with E-state index in [0.717, 1.165) is 32.2 Å². The van der Waals surface area contributed by atoms with Crippen LogP contribution in [0.3, 0.4) is 0 Å². The summed E-state index contributed by atoms with van der Waals surface area (Å²) in [6.07, 6.45) is 4.23. The summed E-state index contributed by atoms with van der Waals surface area (Å²) in [7, 11) is 0. The zero-order chi connectivity index (χ0) is 14.4. The second-order valence-electron chi connectivity index (χ2n) is 5.82. The Bertz CT molecular complexity index is 430. The number of hydrogen-bond acceptors (Lipinski definition) is 2. The molecule has 1 fully saturated rings. The number of hydrogen-bond donors (Lipinski definition) is 2. The van der Waals surface area contributed by atoms with E-state index < -0.39 is 0 Å². The molecule has 1 aromatic rings. The van der Waals surface area contributed by atoms with Crippen molar-refractivity contribution < 1.29 is 4.79 Å². The fraction of sp³-hybridized carbons (Fsp3) is 0.588. The Labute approximate surface area is 134 Å². The van der Waals surface area contributed by atoms with Crippen molar-refractivity contribution in [2.24, 2.45) is 0 Å². The Balaban J connectivity index is 0.00000220. The Morgan fingerprint density at radius 2 is 1.86 bits per heavy atom. The summed E-state index contributed by atoms with van der Waals surface area (Å²) in [4.78, 5) is 12.7. The quantitative estimate of drug-likeness (QED) is 0.848. The summed E-state index contributed by atoms with van der Waals surface area (Å²) in [6.45, 7) is 5.82. The molecular weight excluding hydrogens is 284 g/mol. The van der Waals surface area contributed by atoms with Gasteiger partial charge in [0.25, 0.3) is 0 Å². The average Bonchev–Trinajstić information content (AvgIpc) is 2.97. The van der Waals surface area contributed by atoms with Crippen molar-refractivity contribution in [3.8, 4) is 0 Å². The lowest BCUT2D eigenvalue weighted by atomic mass is 9.78. The molecule has 0 unspecified atom stereocenters. The van der Waals surface area contributed by atoms with Crippen molar-refractivity contribution in [3.05, 3.63) is 35.9 Å². The van der Waals surface area contributed by atoms with Crippen LogP contribution in [0.1, 0.15) is 45.1 Å². The lowest BCUT2D eigenvalue weighted by Crippen LogP contribution is -2.47. The maximum atomic E-state index is 12.7. The van der Waals surface area contributed by atoms with E-state index in [0.29, 0.717) is 12.6 Å². The Hall–Kier alpha value is -1.06. The molecule has 0 spiro atoms. The highest BCUT2D eigenvalue weighted by Gasteiger charge is 2.42. The van der Waals surface area contributed by atoms with Crippen molar-refractivity contribution in [1.29, 1.82) is 0 Å². The molecule has 1 atom stereocenters. The van der Waals surface area contributed by atoms with E-state index in [1.54, 1.807) is 0 Å². The minimum atomic E-state index is -0.298. The summed E-state index contributed by atoms with van der Waals surface area (Å²) in [5.41, 5.74) is 0.874. The van der Waals surface area contributed by atoms with Crippen LogP contribution < -0.4 is 10.6 Å². The highest BCUT2D eigenvalue weighted by Crippen LogP contribution is 2.41. The number of nitrogens with one attached hydrogen (secondary N) is 2. The molecule has 0 aliphatic heterocycles. The van der Waals surface area contributed by atoms with Gasteiger partial charge in [0.1, 0.15) is 0 Å². The van der Waals surface area contributed by atoms with Crippen LogP contribution in [0.15, 0.2) is 30.3 Å². The van der Waals surface area contributed by atoms with Crippen LogP contribution in [0.5, 0.6) is 0 Å². The zero-order valence-corrected chi connectivity index (χ0v) is 13.8. The number of halogens is 1. The third kappa shape index (κ3) is 4.21. The number of amides is 1. The molecular formula is C17H27ClN2O. The summed E-state index contributed by atoms with van der Waals surface area (Å²) in [5, 5.41) is 6.48. The number of benzene rings is 1. The first kappa shape index (κ1) is 18.0. The normalized spacial score (nSPS) is 17.8. The molecule has 0 heterocycles. The summed E-state index contributed by atoms with van der Waals surface area (Å²) < 4.78 is 0. The largest absolute Gasteiger partial charge is 0.354 e. The molecule has 0 radical (unpaired) electrons. The molecule has 2 rings (SSSR count). The number of carbonyl (C=O) groups is 1. The predicted molar refractivity (Wildman–Crippen MR) is 90.0 cm³/mol. The first-order valence-corrected chi connectivity index (χ1v) is 7.76. The van der Waals surface area contributed by atoms with Gasteiger partial charge in [0.2, 0.25) is 5.91 Å². The summed E-state index contributed by atoms with van der Waals surface area (Å²) in [5.74, 6) is 0.200.